The molecule has 4 rings (SSSR count). The van der Waals surface area contributed by atoms with E-state index < -0.39 is 0 Å². The number of aryl methyl sites for hydroxylation is 1. The molecule has 2 aromatic rings. The third-order valence-electron chi connectivity index (χ3n) is 4.98. The number of carbonyl (C=O) groups excluding carboxylic acids is 2. The summed E-state index contributed by atoms with van der Waals surface area (Å²) in [5.41, 5.74) is 2.38. The van der Waals surface area contributed by atoms with Crippen molar-refractivity contribution >= 4 is 11.8 Å². The summed E-state index contributed by atoms with van der Waals surface area (Å²) in [5.74, 6) is 0.0136. The Balaban J connectivity index is 1.41. The molecule has 0 radical (unpaired) electrons. The van der Waals surface area contributed by atoms with Crippen molar-refractivity contribution in [2.24, 2.45) is 0 Å². The molecule has 25 heavy (non-hydrogen) atoms. The molecule has 2 aliphatic rings. The third-order valence-corrected chi connectivity index (χ3v) is 4.98. The fourth-order valence-corrected chi connectivity index (χ4v) is 3.55. The fraction of sp³-hybridized carbons (Fsp3) is 0.444. The lowest BCUT2D eigenvalue weighted by Crippen LogP contribution is -2.50. The average Bonchev–Trinajstić information content (AvgIpc) is 3.12. The van der Waals surface area contributed by atoms with Crippen LogP contribution in [0, 0.1) is 0 Å². The zero-order valence-electron chi connectivity index (χ0n) is 14.1. The lowest BCUT2D eigenvalue weighted by atomic mass is 10.1. The highest BCUT2D eigenvalue weighted by molar-refractivity contribution is 5.96. The van der Waals surface area contributed by atoms with Gasteiger partial charge in [-0.1, -0.05) is 0 Å². The van der Waals surface area contributed by atoms with Gasteiger partial charge in [-0.05, 0) is 31.4 Å². The molecule has 0 aliphatic carbocycles. The minimum atomic E-state index is -0.0249. The Morgan fingerprint density at radius 3 is 2.40 bits per heavy atom. The maximum atomic E-state index is 12.8. The Morgan fingerprint density at radius 2 is 1.68 bits per heavy atom. The van der Waals surface area contributed by atoms with Crippen molar-refractivity contribution in [3.8, 4) is 0 Å². The van der Waals surface area contributed by atoms with Crippen LogP contribution in [-0.4, -0.2) is 62.6 Å². The van der Waals surface area contributed by atoms with Crippen LogP contribution in [0.5, 0.6) is 0 Å². The number of pyridine rings is 1. The van der Waals surface area contributed by atoms with Gasteiger partial charge in [0.2, 0.25) is 0 Å². The Labute approximate surface area is 146 Å². The second kappa shape index (κ2) is 6.66. The molecule has 7 heteroatoms. The number of hydrogen-bond donors (Lipinski definition) is 0. The molecule has 1 saturated heterocycles. The first-order valence-electron chi connectivity index (χ1n) is 8.77. The minimum absolute atomic E-state index is 0.0249. The molecule has 0 bridgehead atoms. The number of amides is 2. The molecule has 2 amide bonds. The summed E-state index contributed by atoms with van der Waals surface area (Å²) in [5, 5.41) is 4.35. The zero-order chi connectivity index (χ0) is 17.2. The molecule has 0 saturated carbocycles. The van der Waals surface area contributed by atoms with Gasteiger partial charge in [-0.2, -0.15) is 5.10 Å². The van der Waals surface area contributed by atoms with Crippen molar-refractivity contribution in [1.29, 1.82) is 0 Å². The number of aromatic nitrogens is 3. The summed E-state index contributed by atoms with van der Waals surface area (Å²) in [6, 6.07) is 3.53. The quantitative estimate of drug-likeness (QED) is 0.825. The van der Waals surface area contributed by atoms with Crippen LogP contribution in [0.15, 0.2) is 30.7 Å². The summed E-state index contributed by atoms with van der Waals surface area (Å²) in [7, 11) is 0. The van der Waals surface area contributed by atoms with Crippen LogP contribution < -0.4 is 0 Å². The number of carbonyl (C=O) groups is 2. The van der Waals surface area contributed by atoms with Crippen molar-refractivity contribution in [3.63, 3.8) is 0 Å². The first-order valence-corrected chi connectivity index (χ1v) is 8.77. The van der Waals surface area contributed by atoms with Crippen LogP contribution in [0.4, 0.5) is 0 Å². The average molecular weight is 339 g/mol. The zero-order valence-corrected chi connectivity index (χ0v) is 14.1. The van der Waals surface area contributed by atoms with Gasteiger partial charge in [-0.15, -0.1) is 0 Å². The van der Waals surface area contributed by atoms with Crippen molar-refractivity contribution < 1.29 is 9.59 Å². The van der Waals surface area contributed by atoms with Gasteiger partial charge in [-0.3, -0.25) is 19.3 Å². The number of fused-ring (bicyclic) bond motifs is 1. The lowest BCUT2D eigenvalue weighted by Gasteiger charge is -2.34. The molecule has 2 aromatic heterocycles. The highest BCUT2D eigenvalue weighted by atomic mass is 16.2. The predicted octanol–water partition coefficient (Wildman–Crippen LogP) is 1.21. The maximum Gasteiger partial charge on any atom is 0.257 e. The predicted molar refractivity (Wildman–Crippen MR) is 91.2 cm³/mol. The van der Waals surface area contributed by atoms with Gasteiger partial charge in [0.1, 0.15) is 0 Å². The fourth-order valence-electron chi connectivity index (χ4n) is 3.55. The van der Waals surface area contributed by atoms with Gasteiger partial charge >= 0.3 is 0 Å². The molecule has 0 atom stereocenters. The van der Waals surface area contributed by atoms with E-state index >= 15 is 0 Å². The SMILES string of the molecule is O=C(c1cccnc1)N1CCN(C(=O)c2cnn3c2CCCC3)CC1. The van der Waals surface area contributed by atoms with Gasteiger partial charge < -0.3 is 9.80 Å². The van der Waals surface area contributed by atoms with Gasteiger partial charge in [0.25, 0.3) is 11.8 Å². The van der Waals surface area contributed by atoms with Crippen molar-refractivity contribution in [2.45, 2.75) is 25.8 Å². The van der Waals surface area contributed by atoms with E-state index in [1.165, 1.54) is 0 Å². The van der Waals surface area contributed by atoms with Gasteiger partial charge in [-0.25, -0.2) is 0 Å². The molecule has 0 aromatic carbocycles. The van der Waals surface area contributed by atoms with E-state index in [0.717, 1.165) is 37.1 Å². The first kappa shape index (κ1) is 15.8. The number of rotatable bonds is 2. The Hall–Kier alpha value is -2.70. The summed E-state index contributed by atoms with van der Waals surface area (Å²) in [6.45, 7) is 3.09. The second-order valence-electron chi connectivity index (χ2n) is 6.51. The number of piperazine rings is 1. The van der Waals surface area contributed by atoms with Crippen molar-refractivity contribution in [3.05, 3.63) is 47.5 Å². The summed E-state index contributed by atoms with van der Waals surface area (Å²) >= 11 is 0. The number of nitrogens with zero attached hydrogens (tertiary/aromatic N) is 5. The lowest BCUT2D eigenvalue weighted by molar-refractivity contribution is 0.0534. The van der Waals surface area contributed by atoms with E-state index in [0.29, 0.717) is 31.7 Å². The normalized spacial score (nSPS) is 17.3. The molecule has 0 N–H and O–H groups in total. The maximum absolute atomic E-state index is 12.8. The van der Waals surface area contributed by atoms with Crippen LogP contribution in [0.3, 0.4) is 0 Å². The van der Waals surface area contributed by atoms with E-state index in [4.69, 9.17) is 0 Å². The highest BCUT2D eigenvalue weighted by Crippen LogP contribution is 2.20. The smallest absolute Gasteiger partial charge is 0.257 e. The summed E-state index contributed by atoms with van der Waals surface area (Å²) in [6.07, 6.45) is 8.09. The van der Waals surface area contributed by atoms with E-state index in [1.54, 1.807) is 35.6 Å². The Kier molecular flexibility index (Phi) is 4.21. The van der Waals surface area contributed by atoms with Gasteiger partial charge in [0, 0.05) is 45.1 Å². The largest absolute Gasteiger partial charge is 0.335 e. The van der Waals surface area contributed by atoms with Gasteiger partial charge in [0.15, 0.2) is 0 Å². The molecule has 2 aliphatic heterocycles. The van der Waals surface area contributed by atoms with Crippen LogP contribution in [-0.2, 0) is 13.0 Å². The topological polar surface area (TPSA) is 71.3 Å². The third kappa shape index (κ3) is 3.01. The second-order valence-corrected chi connectivity index (χ2v) is 6.51. The van der Waals surface area contributed by atoms with Crippen molar-refractivity contribution in [2.75, 3.05) is 26.2 Å². The standard InChI is InChI=1S/C18H21N5O2/c24-17(14-4-3-6-19-12-14)21-8-10-22(11-9-21)18(25)15-13-20-23-7-2-1-5-16(15)23/h3-4,6,12-13H,1-2,5,7-11H2. The molecule has 130 valence electrons. The minimum Gasteiger partial charge on any atom is -0.335 e. The Morgan fingerprint density at radius 1 is 0.920 bits per heavy atom. The van der Waals surface area contributed by atoms with Crippen LogP contribution >= 0.6 is 0 Å². The van der Waals surface area contributed by atoms with Crippen LogP contribution in [0.25, 0.3) is 0 Å². The van der Waals surface area contributed by atoms with Crippen LogP contribution in [0.1, 0.15) is 39.3 Å². The molecule has 7 nitrogen and oxygen atoms in total. The summed E-state index contributed by atoms with van der Waals surface area (Å²) in [4.78, 5) is 32.9. The van der Waals surface area contributed by atoms with E-state index in [1.807, 2.05) is 9.58 Å². The number of hydrogen-bond acceptors (Lipinski definition) is 4. The molecular formula is C18H21N5O2. The van der Waals surface area contributed by atoms with Crippen molar-refractivity contribution in [1.82, 2.24) is 24.6 Å². The molecule has 0 spiro atoms. The molecule has 4 heterocycles. The van der Waals surface area contributed by atoms with E-state index in [9.17, 15) is 9.59 Å². The Bertz CT molecular complexity index is 778. The van der Waals surface area contributed by atoms with E-state index in [-0.39, 0.29) is 11.8 Å². The van der Waals surface area contributed by atoms with Crippen LogP contribution in [0.2, 0.25) is 0 Å². The van der Waals surface area contributed by atoms with E-state index in [2.05, 4.69) is 10.1 Å². The van der Waals surface area contributed by atoms with Gasteiger partial charge in [0.05, 0.1) is 23.0 Å². The highest BCUT2D eigenvalue weighted by Gasteiger charge is 2.28. The summed E-state index contributed by atoms with van der Waals surface area (Å²) < 4.78 is 1.96. The first-order chi connectivity index (χ1) is 12.2. The molecule has 1 fully saturated rings. The molecule has 0 unspecified atom stereocenters. The molecular weight excluding hydrogens is 318 g/mol. The monoisotopic (exact) mass is 339 g/mol.